The van der Waals surface area contributed by atoms with Crippen LogP contribution in [-0.2, 0) is 9.59 Å². The molecule has 3 N–H and O–H groups in total. The summed E-state index contributed by atoms with van der Waals surface area (Å²) < 4.78 is 0. The van der Waals surface area contributed by atoms with Crippen LogP contribution in [0.4, 0.5) is 0 Å². The molecular weight excluding hydrogens is 246 g/mol. The van der Waals surface area contributed by atoms with Crippen molar-refractivity contribution in [1.29, 1.82) is 0 Å². The number of rotatable bonds is 5. The Morgan fingerprint density at radius 2 is 2.00 bits per heavy atom. The lowest BCUT2D eigenvalue weighted by atomic mass is 9.74. The average molecular weight is 269 g/mol. The Morgan fingerprint density at radius 3 is 2.63 bits per heavy atom. The minimum absolute atomic E-state index is 0.0390. The zero-order valence-corrected chi connectivity index (χ0v) is 11.3. The molecule has 0 spiro atoms. The quantitative estimate of drug-likeness (QED) is 0.644. The van der Waals surface area contributed by atoms with E-state index < -0.39 is 11.5 Å². The molecule has 1 saturated carbocycles. The molecule has 1 heterocycles. The number of hydrogen-bond acceptors (Lipinski definition) is 4. The first-order chi connectivity index (χ1) is 9.10. The maximum Gasteiger partial charge on any atom is 0.305 e. The molecule has 1 aliphatic carbocycles. The van der Waals surface area contributed by atoms with Crippen LogP contribution in [0.5, 0.6) is 0 Å². The first-order valence-corrected chi connectivity index (χ1v) is 7.06. The lowest BCUT2D eigenvalue weighted by molar-refractivity contribution is -0.140. The van der Waals surface area contributed by atoms with Crippen molar-refractivity contribution in [3.05, 3.63) is 0 Å². The van der Waals surface area contributed by atoms with Gasteiger partial charge >= 0.3 is 5.97 Å². The smallest absolute Gasteiger partial charge is 0.305 e. The topological polar surface area (TPSA) is 81.7 Å². The van der Waals surface area contributed by atoms with Crippen LogP contribution in [0.3, 0.4) is 0 Å². The normalized spacial score (nSPS) is 23.2. The van der Waals surface area contributed by atoms with Gasteiger partial charge in [-0.15, -0.1) is 0 Å². The highest BCUT2D eigenvalue weighted by atomic mass is 16.4. The lowest BCUT2D eigenvalue weighted by Gasteiger charge is -2.41. The van der Waals surface area contributed by atoms with E-state index in [9.17, 15) is 9.59 Å². The van der Waals surface area contributed by atoms with Gasteiger partial charge in [0.25, 0.3) is 0 Å². The van der Waals surface area contributed by atoms with Gasteiger partial charge in [0, 0.05) is 13.1 Å². The number of nitrogens with one attached hydrogen (secondary N) is 2. The highest BCUT2D eigenvalue weighted by Gasteiger charge is 2.40. The van der Waals surface area contributed by atoms with Gasteiger partial charge in [-0.05, 0) is 38.8 Å². The van der Waals surface area contributed by atoms with Crippen molar-refractivity contribution < 1.29 is 14.7 Å². The zero-order chi connectivity index (χ0) is 13.7. The highest BCUT2D eigenvalue weighted by Crippen LogP contribution is 2.34. The molecule has 0 aromatic heterocycles. The molecule has 1 saturated heterocycles. The van der Waals surface area contributed by atoms with Gasteiger partial charge in [0.05, 0.1) is 18.5 Å². The molecule has 19 heavy (non-hydrogen) atoms. The molecule has 0 bridgehead atoms. The second-order valence-corrected chi connectivity index (χ2v) is 5.63. The van der Waals surface area contributed by atoms with Crippen LogP contribution in [-0.4, -0.2) is 60.1 Å². The Hall–Kier alpha value is -1.14. The fourth-order valence-electron chi connectivity index (χ4n) is 2.84. The van der Waals surface area contributed by atoms with Crippen LogP contribution in [0.2, 0.25) is 0 Å². The summed E-state index contributed by atoms with van der Waals surface area (Å²) in [4.78, 5) is 25.0. The highest BCUT2D eigenvalue weighted by molar-refractivity contribution is 5.80. The van der Waals surface area contributed by atoms with Gasteiger partial charge in [-0.25, -0.2) is 0 Å². The second-order valence-electron chi connectivity index (χ2n) is 5.63. The van der Waals surface area contributed by atoms with Crippen molar-refractivity contribution in [3.63, 3.8) is 0 Å². The first-order valence-electron chi connectivity index (χ1n) is 7.06. The molecule has 0 aromatic rings. The van der Waals surface area contributed by atoms with Crippen molar-refractivity contribution in [3.8, 4) is 0 Å². The predicted octanol–water partition coefficient (Wildman–Crippen LogP) is -0.205. The van der Waals surface area contributed by atoms with Crippen LogP contribution in [0.25, 0.3) is 0 Å². The van der Waals surface area contributed by atoms with Crippen LogP contribution >= 0.6 is 0 Å². The largest absolute Gasteiger partial charge is 0.481 e. The summed E-state index contributed by atoms with van der Waals surface area (Å²) in [5.41, 5.74) is -0.479. The Bertz CT molecular complexity index is 334. The predicted molar refractivity (Wildman–Crippen MR) is 70.9 cm³/mol. The molecule has 2 rings (SSSR count). The number of amides is 1. The molecule has 2 fully saturated rings. The third-order valence-corrected chi connectivity index (χ3v) is 4.00. The molecule has 6 nitrogen and oxygen atoms in total. The van der Waals surface area contributed by atoms with Gasteiger partial charge in [0.2, 0.25) is 5.91 Å². The van der Waals surface area contributed by atoms with E-state index in [-0.39, 0.29) is 12.3 Å². The standard InChI is InChI=1S/C13H23N3O3/c17-11(10-16-7-2-5-14-6-8-16)15-13(3-1-4-13)9-12(18)19/h14H,1-10H2,(H,15,17)(H,18,19). The maximum absolute atomic E-state index is 12.0. The van der Waals surface area contributed by atoms with Gasteiger partial charge < -0.3 is 15.7 Å². The van der Waals surface area contributed by atoms with Gasteiger partial charge in [0.15, 0.2) is 0 Å². The molecule has 0 atom stereocenters. The minimum atomic E-state index is -0.834. The SMILES string of the molecule is O=C(O)CC1(NC(=O)CN2CCCNCC2)CCC1. The Balaban J connectivity index is 1.80. The van der Waals surface area contributed by atoms with Crippen LogP contribution in [0, 0.1) is 0 Å². The van der Waals surface area contributed by atoms with Gasteiger partial charge in [0.1, 0.15) is 0 Å². The van der Waals surface area contributed by atoms with Crippen LogP contribution in [0.15, 0.2) is 0 Å². The number of hydrogen-bond donors (Lipinski definition) is 3. The summed E-state index contributed by atoms with van der Waals surface area (Å²) in [7, 11) is 0. The summed E-state index contributed by atoms with van der Waals surface area (Å²) in [6, 6.07) is 0. The number of carboxylic acid groups (broad SMARTS) is 1. The number of nitrogens with zero attached hydrogens (tertiary/aromatic N) is 1. The van der Waals surface area contributed by atoms with Crippen molar-refractivity contribution in [2.24, 2.45) is 0 Å². The molecule has 108 valence electrons. The summed E-state index contributed by atoms with van der Waals surface area (Å²) in [5, 5.41) is 15.2. The van der Waals surface area contributed by atoms with Crippen LogP contribution < -0.4 is 10.6 Å². The maximum atomic E-state index is 12.0. The van der Waals surface area contributed by atoms with Gasteiger partial charge in [-0.2, -0.15) is 0 Å². The molecule has 0 radical (unpaired) electrons. The van der Waals surface area contributed by atoms with Crippen molar-refractivity contribution in [2.45, 2.75) is 37.6 Å². The number of carbonyl (C=O) groups excluding carboxylic acids is 1. The molecule has 6 heteroatoms. The van der Waals surface area contributed by atoms with E-state index in [0.717, 1.165) is 51.9 Å². The first kappa shape index (κ1) is 14.3. The molecule has 1 aliphatic heterocycles. The average Bonchev–Trinajstić information content (AvgIpc) is 2.54. The molecule has 0 unspecified atom stereocenters. The number of aliphatic carboxylic acids is 1. The van der Waals surface area contributed by atoms with E-state index in [0.29, 0.717) is 6.54 Å². The fraction of sp³-hybridized carbons (Fsp3) is 0.846. The number of carbonyl (C=O) groups is 2. The molecule has 1 amide bonds. The Morgan fingerprint density at radius 1 is 1.21 bits per heavy atom. The number of carboxylic acids is 1. The van der Waals surface area contributed by atoms with E-state index >= 15 is 0 Å². The third-order valence-electron chi connectivity index (χ3n) is 4.00. The van der Waals surface area contributed by atoms with E-state index in [1.54, 1.807) is 0 Å². The van der Waals surface area contributed by atoms with E-state index in [2.05, 4.69) is 15.5 Å². The minimum Gasteiger partial charge on any atom is -0.481 e. The van der Waals surface area contributed by atoms with E-state index in [1.807, 2.05) is 0 Å². The summed E-state index contributed by atoms with van der Waals surface area (Å²) in [5.74, 6) is -0.873. The van der Waals surface area contributed by atoms with Crippen molar-refractivity contribution in [1.82, 2.24) is 15.5 Å². The molecule has 2 aliphatic rings. The van der Waals surface area contributed by atoms with Gasteiger partial charge in [-0.3, -0.25) is 14.5 Å². The van der Waals surface area contributed by atoms with Crippen LogP contribution in [0.1, 0.15) is 32.1 Å². The van der Waals surface area contributed by atoms with E-state index in [1.165, 1.54) is 0 Å². The molecular formula is C13H23N3O3. The summed E-state index contributed by atoms with van der Waals surface area (Å²) in [6.07, 6.45) is 3.66. The zero-order valence-electron chi connectivity index (χ0n) is 11.3. The van der Waals surface area contributed by atoms with Gasteiger partial charge in [-0.1, -0.05) is 0 Å². The molecule has 0 aromatic carbocycles. The summed E-state index contributed by atoms with van der Waals surface area (Å²) in [6.45, 7) is 4.09. The Kier molecular flexibility index (Phi) is 4.76. The van der Waals surface area contributed by atoms with Crippen molar-refractivity contribution in [2.75, 3.05) is 32.7 Å². The fourth-order valence-corrected chi connectivity index (χ4v) is 2.84. The Labute approximate surface area is 113 Å². The van der Waals surface area contributed by atoms with Crippen molar-refractivity contribution >= 4 is 11.9 Å². The monoisotopic (exact) mass is 269 g/mol. The third kappa shape index (κ3) is 4.18. The van der Waals surface area contributed by atoms with E-state index in [4.69, 9.17) is 5.11 Å². The second kappa shape index (κ2) is 6.34. The lowest BCUT2D eigenvalue weighted by Crippen LogP contribution is -2.56. The summed E-state index contributed by atoms with van der Waals surface area (Å²) >= 11 is 0.